The second-order valence-corrected chi connectivity index (χ2v) is 3.10. The molecular weight excluding hydrogens is 98.1 g/mol. The van der Waals surface area contributed by atoms with Crippen LogP contribution in [0.2, 0.25) is 0 Å². The van der Waals surface area contributed by atoms with Gasteiger partial charge in [-0.3, -0.25) is 7.05 Å². The Bertz CT molecular complexity index is 98.6. The number of likely N-dealkylation sites (tertiary alicyclic amines) is 1. The summed E-state index contributed by atoms with van der Waals surface area (Å²) in [4.78, 5) is 2.26. The van der Waals surface area contributed by atoms with Gasteiger partial charge < -0.3 is 4.90 Å². The molecule has 2 bridgehead atoms. The first-order valence-corrected chi connectivity index (χ1v) is 3.43. The third-order valence-corrected chi connectivity index (χ3v) is 2.52. The number of piperidine rings is 1. The van der Waals surface area contributed by atoms with Gasteiger partial charge in [0.2, 0.25) is 0 Å². The van der Waals surface area contributed by atoms with Gasteiger partial charge in [0, 0.05) is 0 Å². The van der Waals surface area contributed by atoms with E-state index in [0.717, 1.165) is 12.0 Å². The molecule has 0 N–H and O–H groups in total. The molecule has 1 saturated heterocycles. The zero-order valence-corrected chi connectivity index (χ0v) is 5.14. The van der Waals surface area contributed by atoms with Gasteiger partial charge in [-0.15, -0.1) is 0 Å². The highest BCUT2D eigenvalue weighted by molar-refractivity contribution is 4.91. The Hall–Kier alpha value is -0.0400. The highest BCUT2D eigenvalue weighted by Crippen LogP contribution is 2.36. The topological polar surface area (TPSA) is 3.24 Å². The number of hydrogen-bond donors (Lipinski definition) is 0. The van der Waals surface area contributed by atoms with Crippen molar-refractivity contribution in [2.24, 2.45) is 5.92 Å². The van der Waals surface area contributed by atoms with Crippen LogP contribution in [0, 0.1) is 13.0 Å². The first kappa shape index (κ1) is 4.80. The summed E-state index contributed by atoms with van der Waals surface area (Å²) < 4.78 is 0. The highest BCUT2D eigenvalue weighted by atomic mass is 15.2. The first-order chi connectivity index (χ1) is 3.86. The molecule has 0 aromatic carbocycles. The van der Waals surface area contributed by atoms with E-state index in [9.17, 15) is 0 Å². The number of hydrogen-bond acceptors (Lipinski definition) is 1. The van der Waals surface area contributed by atoms with E-state index in [1.165, 1.54) is 25.8 Å². The van der Waals surface area contributed by atoms with Crippen LogP contribution in [0.5, 0.6) is 0 Å². The third-order valence-electron chi connectivity index (χ3n) is 2.52. The van der Waals surface area contributed by atoms with Gasteiger partial charge in [0.1, 0.15) is 0 Å². The molecule has 8 heavy (non-hydrogen) atoms. The summed E-state index contributed by atoms with van der Waals surface area (Å²) in [7, 11) is 3.95. The van der Waals surface area contributed by atoms with E-state index in [1.807, 2.05) is 0 Å². The average molecular weight is 110 g/mol. The van der Waals surface area contributed by atoms with Crippen molar-refractivity contribution < 1.29 is 0 Å². The molecule has 2 aliphatic rings. The van der Waals surface area contributed by atoms with Crippen molar-refractivity contribution in [3.05, 3.63) is 7.05 Å². The van der Waals surface area contributed by atoms with E-state index in [4.69, 9.17) is 0 Å². The van der Waals surface area contributed by atoms with E-state index >= 15 is 0 Å². The molecule has 2 rings (SSSR count). The van der Waals surface area contributed by atoms with Crippen LogP contribution in [0.25, 0.3) is 0 Å². The van der Waals surface area contributed by atoms with Crippen molar-refractivity contribution in [1.82, 2.24) is 4.90 Å². The van der Waals surface area contributed by atoms with Crippen LogP contribution < -0.4 is 0 Å². The van der Waals surface area contributed by atoms with Crippen molar-refractivity contribution >= 4 is 0 Å². The summed E-state index contributed by atoms with van der Waals surface area (Å²) in [6, 6.07) is 0.861. The fourth-order valence-corrected chi connectivity index (χ4v) is 2.03. The molecule has 1 aliphatic carbocycles. The Labute approximate surface area is 50.7 Å². The Morgan fingerprint density at radius 2 is 2.25 bits per heavy atom. The van der Waals surface area contributed by atoms with Crippen LogP contribution in [0.1, 0.15) is 19.3 Å². The maximum atomic E-state index is 3.95. The third kappa shape index (κ3) is 0.510. The van der Waals surface area contributed by atoms with Crippen molar-refractivity contribution in [3.63, 3.8) is 0 Å². The Kier molecular flexibility index (Phi) is 0.884. The molecular formula is C7H12N-. The van der Waals surface area contributed by atoms with Gasteiger partial charge in [0.25, 0.3) is 0 Å². The van der Waals surface area contributed by atoms with Gasteiger partial charge in [0.15, 0.2) is 0 Å². The summed E-state index contributed by atoms with van der Waals surface area (Å²) in [5, 5.41) is 0. The van der Waals surface area contributed by atoms with E-state index in [-0.39, 0.29) is 0 Å². The van der Waals surface area contributed by atoms with Gasteiger partial charge in [-0.25, -0.2) is 0 Å². The summed E-state index contributed by atoms with van der Waals surface area (Å²) in [5.41, 5.74) is 0. The maximum Gasteiger partial charge on any atom is -0.0181 e. The number of fused-ring (bicyclic) bond motifs is 2. The van der Waals surface area contributed by atoms with Gasteiger partial charge in [-0.05, 0) is 37.8 Å². The lowest BCUT2D eigenvalue weighted by Gasteiger charge is -2.29. The zero-order valence-electron chi connectivity index (χ0n) is 5.14. The Balaban J connectivity index is 2.11. The minimum absolute atomic E-state index is 0.861. The molecule has 1 heteroatoms. The Morgan fingerprint density at radius 1 is 1.38 bits per heavy atom. The molecule has 0 unspecified atom stereocenters. The number of nitrogens with zero attached hydrogens (tertiary/aromatic N) is 1. The molecule has 2 fully saturated rings. The molecule has 2 atom stereocenters. The van der Waals surface area contributed by atoms with Crippen molar-refractivity contribution in [1.29, 1.82) is 0 Å². The zero-order chi connectivity index (χ0) is 5.56. The van der Waals surface area contributed by atoms with Crippen LogP contribution in [-0.2, 0) is 0 Å². The normalized spacial score (nSPS) is 46.1. The van der Waals surface area contributed by atoms with Gasteiger partial charge >= 0.3 is 0 Å². The van der Waals surface area contributed by atoms with Crippen molar-refractivity contribution in [2.45, 2.75) is 25.3 Å². The van der Waals surface area contributed by atoms with E-state index in [0.29, 0.717) is 0 Å². The molecule has 1 saturated carbocycles. The molecule has 0 spiro atoms. The minimum atomic E-state index is 0.861. The summed E-state index contributed by atoms with van der Waals surface area (Å²) in [6.07, 6.45) is 4.31. The maximum absolute atomic E-state index is 3.95. The van der Waals surface area contributed by atoms with Crippen LogP contribution in [0.4, 0.5) is 0 Å². The van der Waals surface area contributed by atoms with Crippen LogP contribution in [-0.4, -0.2) is 17.5 Å². The lowest BCUT2D eigenvalue weighted by molar-refractivity contribution is 0.289. The second-order valence-electron chi connectivity index (χ2n) is 3.10. The van der Waals surface area contributed by atoms with Crippen molar-refractivity contribution in [3.8, 4) is 0 Å². The number of rotatable bonds is 0. The molecule has 0 amide bonds. The smallest absolute Gasteiger partial charge is 0.0181 e. The standard InChI is InChI=1S/C7H12N/c1-8-5-6-2-3-7(8)4-6/h6-7H,1-5H2/q-1/t6-,7+/m0/s1. The summed E-state index contributed by atoms with van der Waals surface area (Å²) >= 11 is 0. The first-order valence-electron chi connectivity index (χ1n) is 3.43. The molecule has 1 nitrogen and oxygen atoms in total. The van der Waals surface area contributed by atoms with E-state index in [1.54, 1.807) is 0 Å². The predicted molar refractivity (Wildman–Crippen MR) is 33.2 cm³/mol. The Morgan fingerprint density at radius 3 is 2.50 bits per heavy atom. The molecule has 1 aliphatic heterocycles. The SMILES string of the molecule is [CH2-]N1C[C@H]2CC[C@@H]1C2. The minimum Gasteiger partial charge on any atom is -0.456 e. The second kappa shape index (κ2) is 1.47. The molecule has 0 aromatic rings. The quantitative estimate of drug-likeness (QED) is 0.424. The van der Waals surface area contributed by atoms with E-state index in [2.05, 4.69) is 11.9 Å². The average Bonchev–Trinajstić information content (AvgIpc) is 2.23. The molecule has 0 aromatic heterocycles. The predicted octanol–water partition coefficient (Wildman–Crippen LogP) is 1.26. The molecule has 1 heterocycles. The molecule has 46 valence electrons. The summed E-state index contributed by atoms with van der Waals surface area (Å²) in [6.45, 7) is 1.27. The van der Waals surface area contributed by atoms with Crippen LogP contribution in [0.3, 0.4) is 0 Å². The monoisotopic (exact) mass is 110 g/mol. The van der Waals surface area contributed by atoms with Gasteiger partial charge in [0.05, 0.1) is 0 Å². The lowest BCUT2D eigenvalue weighted by Crippen LogP contribution is -2.25. The molecule has 0 radical (unpaired) electrons. The van der Waals surface area contributed by atoms with Gasteiger partial charge in [-0.1, -0.05) is 0 Å². The van der Waals surface area contributed by atoms with E-state index < -0.39 is 0 Å². The van der Waals surface area contributed by atoms with Crippen molar-refractivity contribution in [2.75, 3.05) is 6.54 Å². The lowest BCUT2D eigenvalue weighted by atomic mass is 10.1. The van der Waals surface area contributed by atoms with Gasteiger partial charge in [-0.2, -0.15) is 0 Å². The fourth-order valence-electron chi connectivity index (χ4n) is 2.03. The van der Waals surface area contributed by atoms with Crippen LogP contribution in [0.15, 0.2) is 0 Å². The summed E-state index contributed by atoms with van der Waals surface area (Å²) in [5.74, 6) is 1.01. The fraction of sp³-hybridized carbons (Fsp3) is 0.857. The highest BCUT2D eigenvalue weighted by Gasteiger charge is 2.31. The largest absolute Gasteiger partial charge is 0.456 e. The van der Waals surface area contributed by atoms with Crippen LogP contribution >= 0.6 is 0 Å².